The van der Waals surface area contributed by atoms with Crippen LogP contribution in [0.15, 0.2) is 24.3 Å². The van der Waals surface area contributed by atoms with Crippen molar-refractivity contribution in [3.05, 3.63) is 35.4 Å². The number of hydrogen-bond donors (Lipinski definition) is 2. The molecule has 1 aromatic carbocycles. The molecule has 0 amide bonds. The number of likely N-dealkylation sites (tertiary alicyclic amines) is 1. The first-order valence-electron chi connectivity index (χ1n) is 7.24. The first-order chi connectivity index (χ1) is 9.54. The molecule has 1 heterocycles. The molecule has 20 heavy (non-hydrogen) atoms. The molecule has 0 saturated carbocycles. The molecule has 4 nitrogen and oxygen atoms in total. The van der Waals surface area contributed by atoms with Gasteiger partial charge in [0.25, 0.3) is 0 Å². The van der Waals surface area contributed by atoms with E-state index in [1.807, 2.05) is 31.2 Å². The van der Waals surface area contributed by atoms with Gasteiger partial charge in [-0.05, 0) is 49.9 Å². The first-order valence-corrected chi connectivity index (χ1v) is 7.24. The molecule has 1 aromatic rings. The Balaban J connectivity index is 1.83. The monoisotopic (exact) mass is 277 g/mol. The third kappa shape index (κ3) is 4.32. The number of aliphatic carboxylic acids is 1. The number of rotatable bonds is 5. The van der Waals surface area contributed by atoms with Crippen molar-refractivity contribution in [3.8, 4) is 0 Å². The molecule has 0 aromatic heterocycles. The molecule has 0 bridgehead atoms. The Morgan fingerprint density at radius 2 is 1.80 bits per heavy atom. The zero-order valence-electron chi connectivity index (χ0n) is 12.0. The second kappa shape index (κ2) is 6.86. The number of benzene rings is 1. The fourth-order valence-electron chi connectivity index (χ4n) is 2.79. The highest BCUT2D eigenvalue weighted by Crippen LogP contribution is 2.21. The second-order valence-electron chi connectivity index (χ2n) is 5.74. The molecule has 0 spiro atoms. The van der Waals surface area contributed by atoms with E-state index in [2.05, 4.69) is 4.90 Å². The van der Waals surface area contributed by atoms with Crippen molar-refractivity contribution >= 4 is 5.97 Å². The number of piperidine rings is 1. The molecule has 1 aliphatic rings. The maximum atomic E-state index is 10.6. The zero-order valence-corrected chi connectivity index (χ0v) is 12.0. The van der Waals surface area contributed by atoms with Gasteiger partial charge >= 0.3 is 5.97 Å². The summed E-state index contributed by atoms with van der Waals surface area (Å²) in [5.41, 5.74) is 2.06. The molecule has 2 rings (SSSR count). The second-order valence-corrected chi connectivity index (χ2v) is 5.74. The minimum atomic E-state index is -0.794. The van der Waals surface area contributed by atoms with E-state index in [1.165, 1.54) is 5.56 Å². The summed E-state index contributed by atoms with van der Waals surface area (Å²) in [5, 5.41) is 18.3. The topological polar surface area (TPSA) is 60.8 Å². The predicted molar refractivity (Wildman–Crippen MR) is 77.5 cm³/mol. The van der Waals surface area contributed by atoms with Gasteiger partial charge in [-0.3, -0.25) is 9.69 Å². The van der Waals surface area contributed by atoms with Crippen LogP contribution < -0.4 is 0 Å². The highest BCUT2D eigenvalue weighted by atomic mass is 16.4. The smallest absolute Gasteiger partial charge is 0.307 e. The third-order valence-corrected chi connectivity index (χ3v) is 4.10. The average molecular weight is 277 g/mol. The molecule has 0 radical (unpaired) electrons. The quantitative estimate of drug-likeness (QED) is 0.863. The van der Waals surface area contributed by atoms with E-state index in [1.54, 1.807) is 0 Å². The molecule has 2 N–H and O–H groups in total. The van der Waals surface area contributed by atoms with Gasteiger partial charge < -0.3 is 10.2 Å². The van der Waals surface area contributed by atoms with Crippen molar-refractivity contribution in [1.82, 2.24) is 4.90 Å². The normalized spacial score (nSPS) is 18.9. The fraction of sp³-hybridized carbons (Fsp3) is 0.562. The zero-order chi connectivity index (χ0) is 14.5. The molecule has 1 saturated heterocycles. The summed E-state index contributed by atoms with van der Waals surface area (Å²) >= 11 is 0. The summed E-state index contributed by atoms with van der Waals surface area (Å²) in [6.45, 7) is 4.82. The summed E-state index contributed by atoms with van der Waals surface area (Å²) in [5.74, 6) is -0.359. The Labute approximate surface area is 120 Å². The minimum absolute atomic E-state index is 0.0834. The molecule has 1 unspecified atom stereocenters. The lowest BCUT2D eigenvalue weighted by Crippen LogP contribution is -2.36. The van der Waals surface area contributed by atoms with Gasteiger partial charge in [0.1, 0.15) is 0 Å². The van der Waals surface area contributed by atoms with Gasteiger partial charge in [0.2, 0.25) is 0 Å². The van der Waals surface area contributed by atoms with Crippen LogP contribution in [-0.4, -0.2) is 40.3 Å². The Morgan fingerprint density at radius 3 is 2.30 bits per heavy atom. The number of carboxylic acid groups (broad SMARTS) is 1. The summed E-state index contributed by atoms with van der Waals surface area (Å²) in [7, 11) is 0. The lowest BCUT2D eigenvalue weighted by atomic mass is 9.92. The molecule has 1 atom stereocenters. The van der Waals surface area contributed by atoms with Crippen molar-refractivity contribution in [3.63, 3.8) is 0 Å². The fourth-order valence-corrected chi connectivity index (χ4v) is 2.79. The SMILES string of the molecule is CC(O)C1CCN(Cc2ccc(CC(=O)O)cc2)CC1. The van der Waals surface area contributed by atoms with Crippen LogP contribution >= 0.6 is 0 Å². The Bertz CT molecular complexity index is 434. The average Bonchev–Trinajstić information content (AvgIpc) is 2.41. The predicted octanol–water partition coefficient (Wildman–Crippen LogP) is 1.91. The van der Waals surface area contributed by atoms with Crippen LogP contribution in [0.4, 0.5) is 0 Å². The van der Waals surface area contributed by atoms with E-state index in [0.29, 0.717) is 5.92 Å². The van der Waals surface area contributed by atoms with E-state index in [-0.39, 0.29) is 12.5 Å². The largest absolute Gasteiger partial charge is 0.481 e. The van der Waals surface area contributed by atoms with Crippen LogP contribution in [0.1, 0.15) is 30.9 Å². The summed E-state index contributed by atoms with van der Waals surface area (Å²) in [6.07, 6.45) is 1.98. The van der Waals surface area contributed by atoms with Crippen LogP contribution in [-0.2, 0) is 17.8 Å². The highest BCUT2D eigenvalue weighted by Gasteiger charge is 2.22. The van der Waals surface area contributed by atoms with Gasteiger partial charge in [-0.1, -0.05) is 24.3 Å². The van der Waals surface area contributed by atoms with Crippen molar-refractivity contribution in [2.24, 2.45) is 5.92 Å². The molecule has 1 aliphatic heterocycles. The van der Waals surface area contributed by atoms with Crippen molar-refractivity contribution in [2.45, 2.75) is 38.8 Å². The minimum Gasteiger partial charge on any atom is -0.481 e. The lowest BCUT2D eigenvalue weighted by Gasteiger charge is -2.33. The van der Waals surface area contributed by atoms with Crippen LogP contribution in [0.25, 0.3) is 0 Å². The van der Waals surface area contributed by atoms with Gasteiger partial charge in [0, 0.05) is 6.54 Å². The molecule has 0 aliphatic carbocycles. The van der Waals surface area contributed by atoms with Gasteiger partial charge in [0.05, 0.1) is 12.5 Å². The van der Waals surface area contributed by atoms with Crippen LogP contribution in [0, 0.1) is 5.92 Å². The van der Waals surface area contributed by atoms with Crippen LogP contribution in [0.3, 0.4) is 0 Å². The van der Waals surface area contributed by atoms with Gasteiger partial charge in [-0.2, -0.15) is 0 Å². The standard InChI is InChI=1S/C16H23NO3/c1-12(18)15-6-8-17(9-7-15)11-14-4-2-13(3-5-14)10-16(19)20/h2-5,12,15,18H,6-11H2,1H3,(H,19,20). The first kappa shape index (κ1) is 15.0. The highest BCUT2D eigenvalue weighted by molar-refractivity contribution is 5.70. The molecular formula is C16H23NO3. The van der Waals surface area contributed by atoms with Crippen molar-refractivity contribution in [1.29, 1.82) is 0 Å². The summed E-state index contributed by atoms with van der Waals surface area (Å²) < 4.78 is 0. The lowest BCUT2D eigenvalue weighted by molar-refractivity contribution is -0.136. The van der Waals surface area contributed by atoms with Crippen molar-refractivity contribution in [2.75, 3.05) is 13.1 Å². The summed E-state index contributed by atoms with van der Waals surface area (Å²) in [6, 6.07) is 7.82. The Morgan fingerprint density at radius 1 is 1.25 bits per heavy atom. The number of carboxylic acids is 1. The molecule has 4 heteroatoms. The molecule has 110 valence electrons. The molecular weight excluding hydrogens is 254 g/mol. The van der Waals surface area contributed by atoms with E-state index in [4.69, 9.17) is 5.11 Å². The van der Waals surface area contributed by atoms with E-state index >= 15 is 0 Å². The van der Waals surface area contributed by atoms with E-state index in [9.17, 15) is 9.90 Å². The Kier molecular flexibility index (Phi) is 5.15. The summed E-state index contributed by atoms with van der Waals surface area (Å²) in [4.78, 5) is 13.0. The van der Waals surface area contributed by atoms with Crippen molar-refractivity contribution < 1.29 is 15.0 Å². The van der Waals surface area contributed by atoms with Gasteiger partial charge in [0.15, 0.2) is 0 Å². The number of aliphatic hydroxyl groups excluding tert-OH is 1. The molecule has 1 fully saturated rings. The maximum absolute atomic E-state index is 10.6. The van der Waals surface area contributed by atoms with Gasteiger partial charge in [-0.15, -0.1) is 0 Å². The van der Waals surface area contributed by atoms with E-state index in [0.717, 1.165) is 38.0 Å². The number of carbonyl (C=O) groups is 1. The van der Waals surface area contributed by atoms with E-state index < -0.39 is 5.97 Å². The Hall–Kier alpha value is -1.39. The van der Waals surface area contributed by atoms with Crippen LogP contribution in [0.5, 0.6) is 0 Å². The van der Waals surface area contributed by atoms with Gasteiger partial charge in [-0.25, -0.2) is 0 Å². The third-order valence-electron chi connectivity index (χ3n) is 4.10. The van der Waals surface area contributed by atoms with Crippen LogP contribution in [0.2, 0.25) is 0 Å². The number of aliphatic hydroxyl groups is 1. The number of hydrogen-bond acceptors (Lipinski definition) is 3. The maximum Gasteiger partial charge on any atom is 0.307 e. The number of nitrogens with zero attached hydrogens (tertiary/aromatic N) is 1.